The number of fused-ring (bicyclic) bond motifs is 2. The van der Waals surface area contributed by atoms with Crippen LogP contribution in [-0.2, 0) is 0 Å². The molecule has 90 valence electrons. The summed E-state index contributed by atoms with van der Waals surface area (Å²) in [4.78, 5) is 2.38. The average Bonchev–Trinajstić information content (AvgIpc) is 2.52. The predicted molar refractivity (Wildman–Crippen MR) is 68.3 cm³/mol. The second kappa shape index (κ2) is 4.02. The molecule has 2 aliphatic rings. The van der Waals surface area contributed by atoms with E-state index in [2.05, 4.69) is 18.0 Å². The lowest BCUT2D eigenvalue weighted by Gasteiger charge is -2.30. The molecule has 1 saturated heterocycles. The molecule has 2 aliphatic heterocycles. The smallest absolute Gasteiger partial charge is 0.124 e. The van der Waals surface area contributed by atoms with Gasteiger partial charge in [0, 0.05) is 18.8 Å². The Balaban J connectivity index is 1.98. The number of benzene rings is 1. The fraction of sp³-hybridized carbons (Fsp3) is 0.429. The Kier molecular flexibility index (Phi) is 2.62. The van der Waals surface area contributed by atoms with Crippen molar-refractivity contribution in [1.29, 1.82) is 0 Å². The van der Waals surface area contributed by atoms with Gasteiger partial charge in [0.2, 0.25) is 0 Å². The lowest BCUT2D eigenvalue weighted by Crippen LogP contribution is -2.29. The van der Waals surface area contributed by atoms with Gasteiger partial charge in [0.05, 0.1) is 5.02 Å². The first-order valence-corrected chi connectivity index (χ1v) is 6.45. The summed E-state index contributed by atoms with van der Waals surface area (Å²) in [6, 6.07) is 5.31. The van der Waals surface area contributed by atoms with E-state index in [0.29, 0.717) is 11.1 Å². The van der Waals surface area contributed by atoms with Crippen molar-refractivity contribution in [3.8, 4) is 0 Å². The SMILES string of the molecule is CC1C2CCN1C=C(c1ccc(F)cc1Cl)C2. The molecule has 0 aliphatic carbocycles. The molecule has 0 saturated carbocycles. The highest BCUT2D eigenvalue weighted by Crippen LogP contribution is 2.40. The Hall–Kier alpha value is -1.02. The molecule has 0 radical (unpaired) electrons. The highest BCUT2D eigenvalue weighted by Gasteiger charge is 2.34. The highest BCUT2D eigenvalue weighted by molar-refractivity contribution is 6.32. The summed E-state index contributed by atoms with van der Waals surface area (Å²) in [5.74, 6) is 0.447. The lowest BCUT2D eigenvalue weighted by atomic mass is 9.88. The molecule has 0 spiro atoms. The van der Waals surface area contributed by atoms with Crippen molar-refractivity contribution in [1.82, 2.24) is 4.90 Å². The highest BCUT2D eigenvalue weighted by atomic mass is 35.5. The molecule has 1 aromatic carbocycles. The molecular formula is C14H15ClFN. The Morgan fingerprint density at radius 2 is 2.24 bits per heavy atom. The summed E-state index contributed by atoms with van der Waals surface area (Å²) >= 11 is 6.12. The van der Waals surface area contributed by atoms with Gasteiger partial charge >= 0.3 is 0 Å². The van der Waals surface area contributed by atoms with E-state index in [4.69, 9.17) is 11.6 Å². The summed E-state index contributed by atoms with van der Waals surface area (Å²) < 4.78 is 13.0. The van der Waals surface area contributed by atoms with Gasteiger partial charge in [0.15, 0.2) is 0 Å². The molecule has 2 unspecified atom stereocenters. The molecule has 1 nitrogen and oxygen atoms in total. The van der Waals surface area contributed by atoms with Crippen LogP contribution in [0, 0.1) is 11.7 Å². The van der Waals surface area contributed by atoms with Gasteiger partial charge in [0.1, 0.15) is 5.82 Å². The van der Waals surface area contributed by atoms with Crippen molar-refractivity contribution in [3.63, 3.8) is 0 Å². The third kappa shape index (κ3) is 1.85. The second-order valence-corrected chi connectivity index (χ2v) is 5.42. The van der Waals surface area contributed by atoms with E-state index < -0.39 is 0 Å². The summed E-state index contributed by atoms with van der Waals surface area (Å²) in [7, 11) is 0. The van der Waals surface area contributed by atoms with Crippen molar-refractivity contribution < 1.29 is 4.39 Å². The predicted octanol–water partition coefficient (Wildman–Crippen LogP) is 3.93. The van der Waals surface area contributed by atoms with E-state index >= 15 is 0 Å². The third-order valence-electron chi connectivity index (χ3n) is 4.04. The van der Waals surface area contributed by atoms with Gasteiger partial charge in [-0.3, -0.25) is 0 Å². The normalized spacial score (nSPS) is 27.2. The number of halogens is 2. The van der Waals surface area contributed by atoms with Gasteiger partial charge in [-0.15, -0.1) is 0 Å². The Bertz CT molecular complexity index is 483. The molecule has 0 amide bonds. The number of hydrogen-bond donors (Lipinski definition) is 0. The monoisotopic (exact) mass is 251 g/mol. The van der Waals surface area contributed by atoms with E-state index in [0.717, 1.165) is 24.4 Å². The molecule has 3 rings (SSSR count). The largest absolute Gasteiger partial charge is 0.374 e. The van der Waals surface area contributed by atoms with Crippen LogP contribution in [0.5, 0.6) is 0 Å². The number of hydrogen-bond acceptors (Lipinski definition) is 1. The number of nitrogens with zero attached hydrogens (tertiary/aromatic N) is 1. The van der Waals surface area contributed by atoms with E-state index in [9.17, 15) is 4.39 Å². The van der Waals surface area contributed by atoms with Crippen molar-refractivity contribution in [2.45, 2.75) is 25.8 Å². The van der Waals surface area contributed by atoms with Crippen LogP contribution in [0.1, 0.15) is 25.3 Å². The fourth-order valence-corrected chi connectivity index (χ4v) is 3.24. The zero-order valence-electron chi connectivity index (χ0n) is 9.79. The fourth-order valence-electron chi connectivity index (χ4n) is 2.95. The minimum absolute atomic E-state index is 0.271. The minimum atomic E-state index is -0.271. The molecular weight excluding hydrogens is 237 g/mol. The zero-order chi connectivity index (χ0) is 12.0. The first kappa shape index (κ1) is 11.1. The van der Waals surface area contributed by atoms with Gasteiger partial charge in [-0.25, -0.2) is 4.39 Å². The average molecular weight is 252 g/mol. The molecule has 0 aromatic heterocycles. The summed E-state index contributed by atoms with van der Waals surface area (Å²) in [5, 5.41) is 0.520. The van der Waals surface area contributed by atoms with Crippen LogP contribution in [0.3, 0.4) is 0 Å². The van der Waals surface area contributed by atoms with Crippen LogP contribution in [0.2, 0.25) is 5.02 Å². The van der Waals surface area contributed by atoms with Gasteiger partial charge < -0.3 is 4.90 Å². The van der Waals surface area contributed by atoms with E-state index in [1.54, 1.807) is 6.07 Å². The molecule has 2 heterocycles. The summed E-state index contributed by atoms with van der Waals surface area (Å²) in [6.45, 7) is 3.41. The van der Waals surface area contributed by atoms with Gasteiger partial charge in [-0.2, -0.15) is 0 Å². The first-order valence-electron chi connectivity index (χ1n) is 6.07. The van der Waals surface area contributed by atoms with Crippen LogP contribution in [0.15, 0.2) is 24.4 Å². The van der Waals surface area contributed by atoms with Gasteiger partial charge in [-0.05, 0) is 49.0 Å². The topological polar surface area (TPSA) is 3.24 Å². The van der Waals surface area contributed by atoms with Crippen LogP contribution in [0.4, 0.5) is 4.39 Å². The lowest BCUT2D eigenvalue weighted by molar-refractivity contribution is 0.312. The zero-order valence-corrected chi connectivity index (χ0v) is 10.5. The summed E-state index contributed by atoms with van der Waals surface area (Å²) in [5.41, 5.74) is 2.23. The van der Waals surface area contributed by atoms with Crippen LogP contribution < -0.4 is 0 Å². The van der Waals surface area contributed by atoms with Crippen LogP contribution in [-0.4, -0.2) is 17.5 Å². The van der Waals surface area contributed by atoms with Crippen molar-refractivity contribution in [2.24, 2.45) is 5.92 Å². The number of rotatable bonds is 1. The molecule has 17 heavy (non-hydrogen) atoms. The maximum absolute atomic E-state index is 13.0. The Morgan fingerprint density at radius 3 is 2.94 bits per heavy atom. The molecule has 2 atom stereocenters. The molecule has 0 N–H and O–H groups in total. The van der Waals surface area contributed by atoms with Gasteiger partial charge in [0.25, 0.3) is 0 Å². The van der Waals surface area contributed by atoms with Crippen LogP contribution >= 0.6 is 11.6 Å². The van der Waals surface area contributed by atoms with Gasteiger partial charge in [-0.1, -0.05) is 17.7 Å². The summed E-state index contributed by atoms with van der Waals surface area (Å²) in [6.07, 6.45) is 4.51. The quantitative estimate of drug-likeness (QED) is 0.731. The van der Waals surface area contributed by atoms with Crippen molar-refractivity contribution in [2.75, 3.05) is 6.54 Å². The van der Waals surface area contributed by atoms with E-state index in [1.165, 1.54) is 24.1 Å². The van der Waals surface area contributed by atoms with E-state index in [-0.39, 0.29) is 5.82 Å². The standard InChI is InChI=1S/C14H15ClFN/c1-9-10-4-5-17(9)8-11(6-10)13-3-2-12(16)7-14(13)15/h2-3,7-10H,4-6H2,1H3. The maximum atomic E-state index is 13.0. The Labute approximate surface area is 106 Å². The van der Waals surface area contributed by atoms with E-state index in [1.807, 2.05) is 0 Å². The molecule has 2 bridgehead atoms. The molecule has 3 heteroatoms. The molecule has 1 fully saturated rings. The van der Waals surface area contributed by atoms with Crippen molar-refractivity contribution >= 4 is 17.2 Å². The van der Waals surface area contributed by atoms with Crippen molar-refractivity contribution in [3.05, 3.63) is 40.8 Å². The second-order valence-electron chi connectivity index (χ2n) is 5.01. The van der Waals surface area contributed by atoms with Crippen LogP contribution in [0.25, 0.3) is 5.57 Å². The Morgan fingerprint density at radius 1 is 1.41 bits per heavy atom. The number of allylic oxidation sites excluding steroid dienone is 1. The first-order chi connectivity index (χ1) is 8.15. The maximum Gasteiger partial charge on any atom is 0.124 e. The third-order valence-corrected chi connectivity index (χ3v) is 4.36. The molecule has 1 aromatic rings. The minimum Gasteiger partial charge on any atom is -0.374 e.